The SMILES string of the molecule is COC1[C@@H]2CC[C@H]1CN(C(=O)C1CCCNC1)C2. The van der Waals surface area contributed by atoms with Crippen LogP contribution < -0.4 is 5.32 Å². The highest BCUT2D eigenvalue weighted by molar-refractivity contribution is 5.79. The van der Waals surface area contributed by atoms with Gasteiger partial charge in [0, 0.05) is 38.6 Å². The molecule has 18 heavy (non-hydrogen) atoms. The zero-order valence-electron chi connectivity index (χ0n) is 11.2. The Labute approximate surface area is 109 Å². The second-order valence-electron chi connectivity index (χ2n) is 6.08. The molecule has 4 heteroatoms. The minimum atomic E-state index is 0.220. The Kier molecular flexibility index (Phi) is 3.57. The minimum Gasteiger partial charge on any atom is -0.381 e. The Morgan fingerprint density at radius 2 is 1.94 bits per heavy atom. The second kappa shape index (κ2) is 5.17. The number of piperidine rings is 2. The number of nitrogens with one attached hydrogen (secondary N) is 1. The number of fused-ring (bicyclic) bond motifs is 2. The summed E-state index contributed by atoms with van der Waals surface area (Å²) in [5.74, 6) is 1.76. The molecule has 2 aliphatic heterocycles. The van der Waals surface area contributed by atoms with Crippen molar-refractivity contribution in [2.75, 3.05) is 33.3 Å². The second-order valence-corrected chi connectivity index (χ2v) is 6.08. The Morgan fingerprint density at radius 1 is 1.22 bits per heavy atom. The molecular weight excluding hydrogens is 228 g/mol. The van der Waals surface area contributed by atoms with Gasteiger partial charge in [-0.1, -0.05) is 0 Å². The quantitative estimate of drug-likeness (QED) is 0.793. The summed E-state index contributed by atoms with van der Waals surface area (Å²) in [5.41, 5.74) is 0. The monoisotopic (exact) mass is 252 g/mol. The van der Waals surface area contributed by atoms with E-state index in [0.29, 0.717) is 23.8 Å². The van der Waals surface area contributed by atoms with Crippen LogP contribution in [0.4, 0.5) is 0 Å². The molecule has 0 aromatic carbocycles. The summed E-state index contributed by atoms with van der Waals surface area (Å²) in [6.07, 6.45) is 5.06. The van der Waals surface area contributed by atoms with Gasteiger partial charge in [0.2, 0.25) is 5.91 Å². The van der Waals surface area contributed by atoms with E-state index in [-0.39, 0.29) is 5.92 Å². The average molecular weight is 252 g/mol. The molecule has 1 N–H and O–H groups in total. The van der Waals surface area contributed by atoms with Crippen molar-refractivity contribution in [3.05, 3.63) is 0 Å². The van der Waals surface area contributed by atoms with Gasteiger partial charge in [-0.15, -0.1) is 0 Å². The van der Waals surface area contributed by atoms with Crippen LogP contribution in [0.15, 0.2) is 0 Å². The predicted molar refractivity (Wildman–Crippen MR) is 69.2 cm³/mol. The van der Waals surface area contributed by atoms with Crippen molar-refractivity contribution in [3.8, 4) is 0 Å². The van der Waals surface area contributed by atoms with Gasteiger partial charge >= 0.3 is 0 Å². The molecule has 2 bridgehead atoms. The van der Waals surface area contributed by atoms with Gasteiger partial charge in [-0.3, -0.25) is 4.79 Å². The largest absolute Gasteiger partial charge is 0.381 e. The van der Waals surface area contributed by atoms with Gasteiger partial charge in [0.1, 0.15) is 0 Å². The molecule has 0 aromatic heterocycles. The first kappa shape index (κ1) is 12.4. The maximum Gasteiger partial charge on any atom is 0.226 e. The van der Waals surface area contributed by atoms with Crippen LogP contribution in [0.3, 0.4) is 0 Å². The molecule has 3 rings (SSSR count). The summed E-state index contributed by atoms with van der Waals surface area (Å²) in [4.78, 5) is 14.6. The predicted octanol–water partition coefficient (Wildman–Crippen LogP) is 0.869. The average Bonchev–Trinajstić information content (AvgIpc) is 2.67. The van der Waals surface area contributed by atoms with Gasteiger partial charge in [0.05, 0.1) is 12.0 Å². The van der Waals surface area contributed by atoms with E-state index in [1.54, 1.807) is 0 Å². The van der Waals surface area contributed by atoms with Crippen LogP contribution in [-0.2, 0) is 9.53 Å². The summed E-state index contributed by atoms with van der Waals surface area (Å²) >= 11 is 0. The fourth-order valence-electron chi connectivity index (χ4n) is 4.06. The zero-order valence-corrected chi connectivity index (χ0v) is 11.2. The van der Waals surface area contributed by atoms with Crippen LogP contribution in [0.25, 0.3) is 0 Å². The summed E-state index contributed by atoms with van der Waals surface area (Å²) in [5, 5.41) is 3.34. The molecular formula is C14H24N2O2. The van der Waals surface area contributed by atoms with Gasteiger partial charge in [0.25, 0.3) is 0 Å². The van der Waals surface area contributed by atoms with Gasteiger partial charge < -0.3 is 15.0 Å². The highest BCUT2D eigenvalue weighted by Crippen LogP contribution is 2.39. The van der Waals surface area contributed by atoms with Gasteiger partial charge in [0.15, 0.2) is 0 Å². The molecule has 102 valence electrons. The molecule has 1 aliphatic carbocycles. The maximum absolute atomic E-state index is 12.5. The van der Waals surface area contributed by atoms with Crippen LogP contribution in [-0.4, -0.2) is 50.2 Å². The van der Waals surface area contributed by atoms with Crippen LogP contribution in [0.5, 0.6) is 0 Å². The van der Waals surface area contributed by atoms with E-state index in [1.165, 1.54) is 12.8 Å². The van der Waals surface area contributed by atoms with Crippen LogP contribution in [0.2, 0.25) is 0 Å². The lowest BCUT2D eigenvalue weighted by Crippen LogP contribution is -2.51. The van der Waals surface area contributed by atoms with Crippen LogP contribution in [0, 0.1) is 17.8 Å². The van der Waals surface area contributed by atoms with Crippen molar-refractivity contribution in [2.24, 2.45) is 17.8 Å². The molecule has 4 atom stereocenters. The zero-order chi connectivity index (χ0) is 12.5. The van der Waals surface area contributed by atoms with Crippen LogP contribution in [0.1, 0.15) is 25.7 Å². The molecule has 0 aromatic rings. The van der Waals surface area contributed by atoms with E-state index >= 15 is 0 Å². The number of carbonyl (C=O) groups excluding carboxylic acids is 1. The number of rotatable bonds is 2. The van der Waals surface area contributed by atoms with E-state index < -0.39 is 0 Å². The lowest BCUT2D eigenvalue weighted by Gasteiger charge is -2.39. The molecule has 2 unspecified atom stereocenters. The highest BCUT2D eigenvalue weighted by atomic mass is 16.5. The van der Waals surface area contributed by atoms with Crippen molar-refractivity contribution in [2.45, 2.75) is 31.8 Å². The fraction of sp³-hybridized carbons (Fsp3) is 0.929. The molecule has 2 saturated heterocycles. The van der Waals surface area contributed by atoms with E-state index in [1.807, 2.05) is 7.11 Å². The third-order valence-electron chi connectivity index (χ3n) is 4.98. The van der Waals surface area contributed by atoms with Crippen molar-refractivity contribution in [1.82, 2.24) is 10.2 Å². The minimum absolute atomic E-state index is 0.220. The molecule has 3 aliphatic rings. The van der Waals surface area contributed by atoms with E-state index in [2.05, 4.69) is 10.2 Å². The summed E-state index contributed by atoms with van der Waals surface area (Å²) in [6.45, 7) is 3.79. The van der Waals surface area contributed by atoms with E-state index in [9.17, 15) is 4.79 Å². The smallest absolute Gasteiger partial charge is 0.226 e. The maximum atomic E-state index is 12.5. The number of hydrogen-bond acceptors (Lipinski definition) is 3. The number of carbonyl (C=O) groups is 1. The molecule has 1 amide bonds. The first-order chi connectivity index (χ1) is 8.79. The normalized spacial score (nSPS) is 39.9. The van der Waals surface area contributed by atoms with Crippen molar-refractivity contribution in [1.29, 1.82) is 0 Å². The summed E-state index contributed by atoms with van der Waals surface area (Å²) < 4.78 is 5.60. The molecule has 3 fully saturated rings. The first-order valence-corrected chi connectivity index (χ1v) is 7.32. The van der Waals surface area contributed by atoms with E-state index in [4.69, 9.17) is 4.74 Å². The fourth-order valence-corrected chi connectivity index (χ4v) is 4.06. The third-order valence-corrected chi connectivity index (χ3v) is 4.98. The molecule has 1 saturated carbocycles. The van der Waals surface area contributed by atoms with Gasteiger partial charge in [-0.25, -0.2) is 0 Å². The topological polar surface area (TPSA) is 41.6 Å². The molecule has 0 spiro atoms. The summed E-state index contributed by atoms with van der Waals surface area (Å²) in [7, 11) is 1.82. The number of ether oxygens (including phenoxy) is 1. The van der Waals surface area contributed by atoms with E-state index in [0.717, 1.165) is 39.0 Å². The highest BCUT2D eigenvalue weighted by Gasteiger charge is 2.44. The Morgan fingerprint density at radius 3 is 2.50 bits per heavy atom. The first-order valence-electron chi connectivity index (χ1n) is 7.32. The third kappa shape index (κ3) is 2.16. The number of likely N-dealkylation sites (tertiary alicyclic amines) is 1. The van der Waals surface area contributed by atoms with Crippen LogP contribution >= 0.6 is 0 Å². The number of methoxy groups -OCH3 is 1. The standard InChI is InChI=1S/C14H24N2O2/c1-18-13-11-4-5-12(13)9-16(8-11)14(17)10-3-2-6-15-7-10/h10-13,15H,2-9H2,1H3/t10?,11-,12+,13?. The molecule has 2 heterocycles. The van der Waals surface area contributed by atoms with Crippen molar-refractivity contribution < 1.29 is 9.53 Å². The number of nitrogens with zero attached hydrogens (tertiary/aromatic N) is 1. The molecule has 0 radical (unpaired) electrons. The number of hydrogen-bond donors (Lipinski definition) is 1. The number of amides is 1. The Bertz CT molecular complexity index is 301. The van der Waals surface area contributed by atoms with Gasteiger partial charge in [-0.2, -0.15) is 0 Å². The Hall–Kier alpha value is -0.610. The van der Waals surface area contributed by atoms with Crippen molar-refractivity contribution >= 4 is 5.91 Å². The lowest BCUT2D eigenvalue weighted by molar-refractivity contribution is -0.141. The Balaban J connectivity index is 1.62. The summed E-state index contributed by atoms with van der Waals surface area (Å²) in [6, 6.07) is 0. The molecule has 4 nitrogen and oxygen atoms in total. The van der Waals surface area contributed by atoms with Gasteiger partial charge in [-0.05, 0) is 32.2 Å². The van der Waals surface area contributed by atoms with Crippen molar-refractivity contribution in [3.63, 3.8) is 0 Å². The lowest BCUT2D eigenvalue weighted by atomic mass is 9.92.